The van der Waals surface area contributed by atoms with Crippen molar-refractivity contribution >= 4 is 0 Å². The number of piperazine rings is 1. The third kappa shape index (κ3) is 5.18. The van der Waals surface area contributed by atoms with Crippen molar-refractivity contribution in [1.29, 1.82) is 0 Å². The predicted octanol–water partition coefficient (Wildman–Crippen LogP) is 3.37. The average molecular weight is 316 g/mol. The smallest absolute Gasteiger partial charge is 0.390 e. The molecule has 1 heterocycles. The first-order valence-corrected chi connectivity index (χ1v) is 7.63. The Kier molecular flexibility index (Phi) is 5.69. The minimum Gasteiger partial charge on any atom is -0.491 e. The Morgan fingerprint density at radius 1 is 1.14 bits per heavy atom. The molecule has 1 N–H and O–H groups in total. The Hall–Kier alpha value is -1.27. The van der Waals surface area contributed by atoms with Gasteiger partial charge in [0.2, 0.25) is 0 Å². The highest BCUT2D eigenvalue weighted by Crippen LogP contribution is 2.34. The monoisotopic (exact) mass is 316 g/mol. The minimum absolute atomic E-state index is 0.0463. The van der Waals surface area contributed by atoms with Crippen molar-refractivity contribution in [3.63, 3.8) is 0 Å². The molecule has 0 aliphatic carbocycles. The van der Waals surface area contributed by atoms with E-state index in [1.807, 2.05) is 18.7 Å². The summed E-state index contributed by atoms with van der Waals surface area (Å²) in [5.74, 6) is 0.685. The van der Waals surface area contributed by atoms with Crippen LogP contribution < -0.4 is 10.1 Å². The Labute approximate surface area is 129 Å². The van der Waals surface area contributed by atoms with Crippen LogP contribution in [-0.4, -0.2) is 43.4 Å². The van der Waals surface area contributed by atoms with Crippen LogP contribution in [0.2, 0.25) is 0 Å². The van der Waals surface area contributed by atoms with E-state index < -0.39 is 18.6 Å². The molecule has 0 saturated carbocycles. The molecule has 1 aliphatic heterocycles. The van der Waals surface area contributed by atoms with Gasteiger partial charge in [-0.2, -0.15) is 13.2 Å². The zero-order chi connectivity index (χ0) is 16.2. The van der Waals surface area contributed by atoms with Gasteiger partial charge in [-0.3, -0.25) is 4.90 Å². The molecule has 1 aromatic carbocycles. The predicted molar refractivity (Wildman–Crippen MR) is 80.1 cm³/mol. The van der Waals surface area contributed by atoms with Crippen LogP contribution in [0.15, 0.2) is 24.3 Å². The van der Waals surface area contributed by atoms with E-state index >= 15 is 0 Å². The summed E-state index contributed by atoms with van der Waals surface area (Å²) < 4.78 is 44.3. The standard InChI is InChI=1S/C16H23F3N2O/c1-12(2)22-14-5-3-13(4-6-14)15(11-16(17,18)19)21-9-7-20-8-10-21/h3-6,12,15,20H,7-11H2,1-2H3/t15-/m1/s1. The highest BCUT2D eigenvalue weighted by Gasteiger charge is 2.35. The molecule has 124 valence electrons. The van der Waals surface area contributed by atoms with Crippen LogP contribution in [0.1, 0.15) is 31.9 Å². The van der Waals surface area contributed by atoms with Gasteiger partial charge in [-0.25, -0.2) is 0 Å². The van der Waals surface area contributed by atoms with Gasteiger partial charge in [0.05, 0.1) is 12.5 Å². The third-order valence-electron chi connectivity index (χ3n) is 3.65. The maximum absolute atomic E-state index is 12.9. The second-order valence-corrected chi connectivity index (χ2v) is 5.86. The molecule has 0 spiro atoms. The number of benzene rings is 1. The van der Waals surface area contributed by atoms with E-state index in [1.165, 1.54) is 0 Å². The van der Waals surface area contributed by atoms with E-state index in [1.54, 1.807) is 24.3 Å². The summed E-state index contributed by atoms with van der Waals surface area (Å²) in [6.45, 7) is 6.55. The molecule has 1 atom stereocenters. The van der Waals surface area contributed by atoms with Crippen LogP contribution >= 0.6 is 0 Å². The van der Waals surface area contributed by atoms with Gasteiger partial charge in [0.25, 0.3) is 0 Å². The summed E-state index contributed by atoms with van der Waals surface area (Å²) in [4.78, 5) is 1.91. The number of ether oxygens (including phenoxy) is 1. The van der Waals surface area contributed by atoms with Crippen molar-refractivity contribution in [2.45, 2.75) is 38.6 Å². The van der Waals surface area contributed by atoms with Crippen molar-refractivity contribution < 1.29 is 17.9 Å². The third-order valence-corrected chi connectivity index (χ3v) is 3.65. The molecule has 0 radical (unpaired) electrons. The van der Waals surface area contributed by atoms with E-state index in [0.717, 1.165) is 13.1 Å². The van der Waals surface area contributed by atoms with Crippen LogP contribution in [0.4, 0.5) is 13.2 Å². The molecule has 1 saturated heterocycles. The van der Waals surface area contributed by atoms with Gasteiger partial charge in [-0.15, -0.1) is 0 Å². The summed E-state index contributed by atoms with van der Waals surface area (Å²) >= 11 is 0. The molecule has 6 heteroatoms. The topological polar surface area (TPSA) is 24.5 Å². The fraction of sp³-hybridized carbons (Fsp3) is 0.625. The van der Waals surface area contributed by atoms with E-state index in [4.69, 9.17) is 4.74 Å². The molecule has 1 aromatic rings. The van der Waals surface area contributed by atoms with Crippen LogP contribution in [-0.2, 0) is 0 Å². The van der Waals surface area contributed by atoms with Gasteiger partial charge >= 0.3 is 6.18 Å². The minimum atomic E-state index is -4.18. The van der Waals surface area contributed by atoms with Gasteiger partial charge < -0.3 is 10.1 Å². The molecular formula is C16H23F3N2O. The summed E-state index contributed by atoms with van der Waals surface area (Å²) in [6.07, 6.45) is -4.95. The maximum Gasteiger partial charge on any atom is 0.390 e. The second-order valence-electron chi connectivity index (χ2n) is 5.86. The summed E-state index contributed by atoms with van der Waals surface area (Å²) in [5, 5.41) is 3.17. The van der Waals surface area contributed by atoms with Crippen molar-refractivity contribution in [2.24, 2.45) is 0 Å². The van der Waals surface area contributed by atoms with E-state index in [9.17, 15) is 13.2 Å². The molecule has 2 rings (SSSR count). The van der Waals surface area contributed by atoms with E-state index in [0.29, 0.717) is 24.4 Å². The van der Waals surface area contributed by atoms with Gasteiger partial charge in [0.15, 0.2) is 0 Å². The Morgan fingerprint density at radius 3 is 2.23 bits per heavy atom. The first-order valence-electron chi connectivity index (χ1n) is 7.63. The normalized spacial score (nSPS) is 18.5. The summed E-state index contributed by atoms with van der Waals surface area (Å²) in [5.41, 5.74) is 0.690. The highest BCUT2D eigenvalue weighted by atomic mass is 19.4. The Morgan fingerprint density at radius 2 is 1.73 bits per heavy atom. The molecule has 0 aromatic heterocycles. The zero-order valence-electron chi connectivity index (χ0n) is 13.0. The molecule has 22 heavy (non-hydrogen) atoms. The number of rotatable bonds is 5. The SMILES string of the molecule is CC(C)Oc1ccc([C@@H](CC(F)(F)F)N2CCNCC2)cc1. The van der Waals surface area contributed by atoms with E-state index in [-0.39, 0.29) is 6.10 Å². The number of halogens is 3. The van der Waals surface area contributed by atoms with Crippen molar-refractivity contribution in [2.75, 3.05) is 26.2 Å². The summed E-state index contributed by atoms with van der Waals surface area (Å²) in [6, 6.07) is 6.36. The molecule has 0 unspecified atom stereocenters. The Balaban J connectivity index is 2.16. The lowest BCUT2D eigenvalue weighted by Gasteiger charge is -2.35. The maximum atomic E-state index is 12.9. The van der Waals surface area contributed by atoms with Gasteiger partial charge in [0, 0.05) is 32.2 Å². The number of nitrogens with one attached hydrogen (secondary N) is 1. The second kappa shape index (κ2) is 7.33. The molecule has 1 fully saturated rings. The first-order chi connectivity index (χ1) is 10.3. The molecule has 1 aliphatic rings. The van der Waals surface area contributed by atoms with Gasteiger partial charge in [-0.05, 0) is 31.5 Å². The number of hydrogen-bond donors (Lipinski definition) is 1. The van der Waals surface area contributed by atoms with Gasteiger partial charge in [-0.1, -0.05) is 12.1 Å². The van der Waals surface area contributed by atoms with Crippen LogP contribution in [0.5, 0.6) is 5.75 Å². The number of hydrogen-bond acceptors (Lipinski definition) is 3. The molecule has 0 bridgehead atoms. The molecule has 0 amide bonds. The van der Waals surface area contributed by atoms with E-state index in [2.05, 4.69) is 5.32 Å². The largest absolute Gasteiger partial charge is 0.491 e. The lowest BCUT2D eigenvalue weighted by Crippen LogP contribution is -2.46. The molecule has 3 nitrogen and oxygen atoms in total. The van der Waals surface area contributed by atoms with Crippen molar-refractivity contribution in [3.05, 3.63) is 29.8 Å². The molecular weight excluding hydrogens is 293 g/mol. The Bertz CT molecular complexity index is 453. The number of alkyl halides is 3. The van der Waals surface area contributed by atoms with Crippen molar-refractivity contribution in [3.8, 4) is 5.75 Å². The number of nitrogens with zero attached hydrogens (tertiary/aromatic N) is 1. The summed E-state index contributed by atoms with van der Waals surface area (Å²) in [7, 11) is 0. The van der Waals surface area contributed by atoms with Crippen LogP contribution in [0.3, 0.4) is 0 Å². The highest BCUT2D eigenvalue weighted by molar-refractivity contribution is 5.29. The van der Waals surface area contributed by atoms with Crippen LogP contribution in [0, 0.1) is 0 Å². The lowest BCUT2D eigenvalue weighted by molar-refractivity contribution is -0.148. The quantitative estimate of drug-likeness (QED) is 0.901. The first kappa shape index (κ1) is 17.1. The average Bonchev–Trinajstić information content (AvgIpc) is 2.45. The van der Waals surface area contributed by atoms with Gasteiger partial charge in [0.1, 0.15) is 5.75 Å². The van der Waals surface area contributed by atoms with Crippen molar-refractivity contribution in [1.82, 2.24) is 10.2 Å². The van der Waals surface area contributed by atoms with Crippen LogP contribution in [0.25, 0.3) is 0 Å². The fourth-order valence-corrected chi connectivity index (χ4v) is 2.71. The zero-order valence-corrected chi connectivity index (χ0v) is 13.0. The fourth-order valence-electron chi connectivity index (χ4n) is 2.71. The lowest BCUT2D eigenvalue weighted by atomic mass is 10.0.